The Morgan fingerprint density at radius 1 is 1.00 bits per heavy atom. The standard InChI is InChI=1S/C31H36N2O6/c1-31(2,14-7-15-34)33-27-17-20(12-13-28(27)35)16-26(32)30(37)39-19-29(36)38-18-25-23-10-5-3-8-21(23)22-9-4-6-11-24(22)25/h3-6,8-13,17,25-26,33-35H,7,14-16,18-19,32H2,1-2H3/t26-/m0/s1. The molecule has 0 spiro atoms. The van der Waals surface area contributed by atoms with Gasteiger partial charge in [0.2, 0.25) is 0 Å². The number of benzene rings is 3. The number of phenolic OH excluding ortho intramolecular Hbond substituents is 1. The fraction of sp³-hybridized carbons (Fsp3) is 0.355. The first-order valence-corrected chi connectivity index (χ1v) is 13.2. The largest absolute Gasteiger partial charge is 0.506 e. The Morgan fingerprint density at radius 2 is 1.64 bits per heavy atom. The van der Waals surface area contributed by atoms with Crippen LogP contribution in [0.25, 0.3) is 11.1 Å². The zero-order valence-electron chi connectivity index (χ0n) is 22.4. The number of hydrogen-bond acceptors (Lipinski definition) is 8. The van der Waals surface area contributed by atoms with E-state index < -0.39 is 24.6 Å². The lowest BCUT2D eigenvalue weighted by molar-refractivity contribution is -0.159. The minimum Gasteiger partial charge on any atom is -0.506 e. The summed E-state index contributed by atoms with van der Waals surface area (Å²) in [6.07, 6.45) is 1.49. The Kier molecular flexibility index (Phi) is 8.89. The smallest absolute Gasteiger partial charge is 0.344 e. The van der Waals surface area contributed by atoms with E-state index in [1.165, 1.54) is 6.07 Å². The van der Waals surface area contributed by atoms with Crippen molar-refractivity contribution in [2.24, 2.45) is 5.73 Å². The molecule has 8 heteroatoms. The summed E-state index contributed by atoms with van der Waals surface area (Å²) in [6.45, 7) is 3.66. The Morgan fingerprint density at radius 3 is 2.28 bits per heavy atom. The fourth-order valence-corrected chi connectivity index (χ4v) is 4.99. The number of anilines is 1. The highest BCUT2D eigenvalue weighted by Gasteiger charge is 2.29. The van der Waals surface area contributed by atoms with Gasteiger partial charge in [0.15, 0.2) is 6.61 Å². The number of ether oxygens (including phenoxy) is 2. The molecule has 206 valence electrons. The number of hydrogen-bond donors (Lipinski definition) is 4. The van der Waals surface area contributed by atoms with Crippen molar-refractivity contribution < 1.29 is 29.3 Å². The van der Waals surface area contributed by atoms with E-state index in [1.807, 2.05) is 50.2 Å². The summed E-state index contributed by atoms with van der Waals surface area (Å²) in [4.78, 5) is 24.9. The average Bonchev–Trinajstić information content (AvgIpc) is 3.24. The number of rotatable bonds is 12. The molecule has 0 saturated carbocycles. The first-order chi connectivity index (χ1) is 18.7. The molecule has 0 saturated heterocycles. The maximum Gasteiger partial charge on any atom is 0.344 e. The molecule has 8 nitrogen and oxygen atoms in total. The number of fused-ring (bicyclic) bond motifs is 3. The summed E-state index contributed by atoms with van der Waals surface area (Å²) >= 11 is 0. The molecule has 5 N–H and O–H groups in total. The number of aliphatic hydroxyl groups excluding tert-OH is 1. The Hall–Kier alpha value is -3.88. The van der Waals surface area contributed by atoms with Crippen molar-refractivity contribution in [1.82, 2.24) is 0 Å². The van der Waals surface area contributed by atoms with Crippen LogP contribution < -0.4 is 11.1 Å². The Balaban J connectivity index is 1.28. The first-order valence-electron chi connectivity index (χ1n) is 13.2. The highest BCUT2D eigenvalue weighted by atomic mass is 16.6. The minimum atomic E-state index is -0.994. The molecule has 0 radical (unpaired) electrons. The van der Waals surface area contributed by atoms with Crippen LogP contribution in [0.3, 0.4) is 0 Å². The van der Waals surface area contributed by atoms with Gasteiger partial charge in [0, 0.05) is 18.1 Å². The molecule has 1 aliphatic carbocycles. The summed E-state index contributed by atoms with van der Waals surface area (Å²) in [5.74, 6) is -1.36. The van der Waals surface area contributed by atoms with E-state index in [-0.39, 0.29) is 36.8 Å². The first kappa shape index (κ1) is 28.1. The van der Waals surface area contributed by atoms with Gasteiger partial charge < -0.3 is 30.7 Å². The Bertz CT molecular complexity index is 1280. The minimum absolute atomic E-state index is 0.0715. The van der Waals surface area contributed by atoms with Gasteiger partial charge in [-0.05, 0) is 73.1 Å². The van der Waals surface area contributed by atoms with Crippen molar-refractivity contribution in [3.63, 3.8) is 0 Å². The molecular formula is C31H36N2O6. The molecule has 0 fully saturated rings. The molecule has 0 amide bonds. The molecule has 3 aromatic carbocycles. The number of nitrogens with two attached hydrogens (primary N) is 1. The zero-order valence-corrected chi connectivity index (χ0v) is 22.4. The van der Waals surface area contributed by atoms with Crippen LogP contribution in [0.1, 0.15) is 49.3 Å². The van der Waals surface area contributed by atoms with Crippen molar-refractivity contribution in [1.29, 1.82) is 0 Å². The van der Waals surface area contributed by atoms with Gasteiger partial charge >= 0.3 is 11.9 Å². The van der Waals surface area contributed by atoms with Crippen LogP contribution >= 0.6 is 0 Å². The summed E-state index contributed by atoms with van der Waals surface area (Å²) in [5, 5.41) is 22.6. The molecule has 1 aliphatic rings. The highest BCUT2D eigenvalue weighted by Crippen LogP contribution is 2.44. The lowest BCUT2D eigenvalue weighted by Gasteiger charge is -2.28. The molecule has 39 heavy (non-hydrogen) atoms. The van der Waals surface area contributed by atoms with Crippen molar-refractivity contribution in [3.05, 3.63) is 83.4 Å². The predicted octanol–water partition coefficient (Wildman–Crippen LogP) is 4.12. The van der Waals surface area contributed by atoms with Gasteiger partial charge in [-0.3, -0.25) is 4.79 Å². The molecule has 0 bridgehead atoms. The summed E-state index contributed by atoms with van der Waals surface area (Å²) in [6, 6.07) is 20.1. The number of aromatic hydroxyl groups is 1. The van der Waals surface area contributed by atoms with E-state index in [1.54, 1.807) is 12.1 Å². The van der Waals surface area contributed by atoms with Crippen LogP contribution in [0, 0.1) is 0 Å². The predicted molar refractivity (Wildman–Crippen MR) is 149 cm³/mol. The van der Waals surface area contributed by atoms with Gasteiger partial charge in [0.25, 0.3) is 0 Å². The third-order valence-corrected chi connectivity index (χ3v) is 6.96. The van der Waals surface area contributed by atoms with Crippen LogP contribution in [0.5, 0.6) is 5.75 Å². The normalized spacial score (nSPS) is 13.3. The van der Waals surface area contributed by atoms with E-state index in [0.29, 0.717) is 18.5 Å². The van der Waals surface area contributed by atoms with Crippen molar-refractivity contribution in [2.75, 3.05) is 25.1 Å². The number of carbonyl (C=O) groups is 2. The highest BCUT2D eigenvalue weighted by molar-refractivity contribution is 5.81. The van der Waals surface area contributed by atoms with Crippen LogP contribution in [-0.4, -0.2) is 53.6 Å². The van der Waals surface area contributed by atoms with Crippen molar-refractivity contribution in [2.45, 2.75) is 50.6 Å². The zero-order chi connectivity index (χ0) is 28.0. The summed E-state index contributed by atoms with van der Waals surface area (Å²) in [5.41, 5.74) is 11.4. The quantitative estimate of drug-likeness (QED) is 0.202. The molecular weight excluding hydrogens is 496 g/mol. The summed E-state index contributed by atoms with van der Waals surface area (Å²) in [7, 11) is 0. The lowest BCUT2D eigenvalue weighted by atomic mass is 9.97. The Labute approximate surface area is 228 Å². The molecule has 1 atom stereocenters. The maximum absolute atomic E-state index is 12.5. The van der Waals surface area contributed by atoms with Gasteiger partial charge in [-0.15, -0.1) is 0 Å². The van der Waals surface area contributed by atoms with Crippen LogP contribution in [0.2, 0.25) is 0 Å². The second-order valence-corrected chi connectivity index (χ2v) is 10.5. The molecule has 3 aromatic rings. The van der Waals surface area contributed by atoms with E-state index in [0.717, 1.165) is 27.8 Å². The number of aliphatic hydroxyl groups is 1. The van der Waals surface area contributed by atoms with E-state index in [2.05, 4.69) is 17.4 Å². The third kappa shape index (κ3) is 6.96. The monoisotopic (exact) mass is 532 g/mol. The molecule has 4 rings (SSSR count). The van der Waals surface area contributed by atoms with E-state index in [9.17, 15) is 14.7 Å². The molecule has 0 aliphatic heterocycles. The van der Waals surface area contributed by atoms with Crippen LogP contribution in [-0.2, 0) is 25.5 Å². The van der Waals surface area contributed by atoms with E-state index >= 15 is 0 Å². The maximum atomic E-state index is 12.5. The van der Waals surface area contributed by atoms with Gasteiger partial charge in [-0.1, -0.05) is 54.6 Å². The fourth-order valence-electron chi connectivity index (χ4n) is 4.99. The molecule has 0 heterocycles. The number of esters is 2. The van der Waals surface area contributed by atoms with Crippen molar-refractivity contribution >= 4 is 17.6 Å². The van der Waals surface area contributed by atoms with E-state index in [4.69, 9.17) is 20.3 Å². The van der Waals surface area contributed by atoms with Gasteiger partial charge in [-0.2, -0.15) is 0 Å². The second-order valence-electron chi connectivity index (χ2n) is 10.5. The number of carbonyl (C=O) groups excluding carboxylic acids is 2. The topological polar surface area (TPSA) is 131 Å². The van der Waals surface area contributed by atoms with Gasteiger partial charge in [-0.25, -0.2) is 4.79 Å². The second kappa shape index (κ2) is 12.3. The van der Waals surface area contributed by atoms with Gasteiger partial charge in [0.05, 0.1) is 5.69 Å². The molecule has 0 aromatic heterocycles. The number of phenols is 1. The summed E-state index contributed by atoms with van der Waals surface area (Å²) < 4.78 is 10.6. The van der Waals surface area contributed by atoms with Crippen molar-refractivity contribution in [3.8, 4) is 16.9 Å². The number of nitrogens with one attached hydrogen (secondary N) is 1. The molecule has 0 unspecified atom stereocenters. The van der Waals surface area contributed by atoms with Crippen LogP contribution in [0.4, 0.5) is 5.69 Å². The lowest BCUT2D eigenvalue weighted by Crippen LogP contribution is -2.36. The average molecular weight is 533 g/mol. The van der Waals surface area contributed by atoms with Crippen LogP contribution in [0.15, 0.2) is 66.7 Å². The third-order valence-electron chi connectivity index (χ3n) is 6.96. The van der Waals surface area contributed by atoms with Gasteiger partial charge in [0.1, 0.15) is 18.4 Å². The SMILES string of the molecule is CC(C)(CCCO)Nc1cc(C[C@H](N)C(=O)OCC(=O)OCC2c3ccccc3-c3ccccc32)ccc1O.